The van der Waals surface area contributed by atoms with Crippen LogP contribution in [0.5, 0.6) is 0 Å². The summed E-state index contributed by atoms with van der Waals surface area (Å²) in [6, 6.07) is 3.76. The lowest BCUT2D eigenvalue weighted by Gasteiger charge is -1.95. The standard InChI is InChI=1S/C13H13N5OS/c1-8(14)13-16-10(7-20-13)12-17-11(18-19-12)6-9-2-4-15-5-3-9/h2-5,7-8H,6,14H2,1H3. The molecule has 102 valence electrons. The van der Waals surface area contributed by atoms with E-state index >= 15 is 0 Å². The third kappa shape index (κ3) is 2.73. The molecule has 0 fully saturated rings. The number of hydrogen-bond acceptors (Lipinski definition) is 7. The summed E-state index contributed by atoms with van der Waals surface area (Å²) in [6.07, 6.45) is 4.09. The van der Waals surface area contributed by atoms with Crippen molar-refractivity contribution in [3.8, 4) is 11.6 Å². The van der Waals surface area contributed by atoms with Gasteiger partial charge in [0, 0.05) is 24.2 Å². The van der Waals surface area contributed by atoms with E-state index in [1.165, 1.54) is 11.3 Å². The molecule has 7 heteroatoms. The van der Waals surface area contributed by atoms with Crippen LogP contribution in [0, 0.1) is 0 Å². The lowest BCUT2D eigenvalue weighted by atomic mass is 10.2. The molecule has 20 heavy (non-hydrogen) atoms. The van der Waals surface area contributed by atoms with E-state index in [0.717, 1.165) is 10.6 Å². The van der Waals surface area contributed by atoms with Gasteiger partial charge in [-0.05, 0) is 24.6 Å². The van der Waals surface area contributed by atoms with Crippen LogP contribution in [-0.4, -0.2) is 20.1 Å². The van der Waals surface area contributed by atoms with E-state index in [-0.39, 0.29) is 6.04 Å². The zero-order valence-corrected chi connectivity index (χ0v) is 11.7. The van der Waals surface area contributed by atoms with Gasteiger partial charge in [0.1, 0.15) is 10.7 Å². The first-order valence-electron chi connectivity index (χ1n) is 6.15. The molecular weight excluding hydrogens is 274 g/mol. The predicted octanol–water partition coefficient (Wildman–Crippen LogP) is 2.20. The lowest BCUT2D eigenvalue weighted by molar-refractivity contribution is 0.423. The molecule has 1 atom stereocenters. The van der Waals surface area contributed by atoms with Crippen molar-refractivity contribution in [2.24, 2.45) is 5.73 Å². The smallest absolute Gasteiger partial charge is 0.277 e. The van der Waals surface area contributed by atoms with Gasteiger partial charge in [0.15, 0.2) is 5.82 Å². The van der Waals surface area contributed by atoms with E-state index in [4.69, 9.17) is 10.3 Å². The molecule has 3 aromatic rings. The lowest BCUT2D eigenvalue weighted by Crippen LogP contribution is -2.03. The molecule has 0 saturated carbocycles. The molecule has 0 radical (unpaired) electrons. The average Bonchev–Trinajstić information content (AvgIpc) is 3.08. The first-order chi connectivity index (χ1) is 9.72. The first-order valence-corrected chi connectivity index (χ1v) is 7.03. The Morgan fingerprint density at radius 1 is 1.30 bits per heavy atom. The Hall–Kier alpha value is -2.12. The summed E-state index contributed by atoms with van der Waals surface area (Å²) < 4.78 is 5.24. The van der Waals surface area contributed by atoms with E-state index in [2.05, 4.69) is 20.1 Å². The van der Waals surface area contributed by atoms with E-state index in [9.17, 15) is 0 Å². The van der Waals surface area contributed by atoms with Gasteiger partial charge >= 0.3 is 0 Å². The van der Waals surface area contributed by atoms with Crippen molar-refractivity contribution in [2.75, 3.05) is 0 Å². The van der Waals surface area contributed by atoms with Crippen molar-refractivity contribution < 1.29 is 4.52 Å². The third-order valence-corrected chi connectivity index (χ3v) is 3.76. The van der Waals surface area contributed by atoms with Crippen LogP contribution < -0.4 is 5.73 Å². The Kier molecular flexibility index (Phi) is 3.53. The largest absolute Gasteiger partial charge is 0.332 e. The molecule has 0 amide bonds. The van der Waals surface area contributed by atoms with Gasteiger partial charge in [0.25, 0.3) is 5.89 Å². The first kappa shape index (κ1) is 12.9. The Balaban J connectivity index is 1.79. The Bertz CT molecular complexity index is 692. The molecule has 0 aliphatic heterocycles. The number of hydrogen-bond donors (Lipinski definition) is 1. The van der Waals surface area contributed by atoms with Gasteiger partial charge in [-0.25, -0.2) is 4.98 Å². The minimum absolute atomic E-state index is 0.0899. The fourth-order valence-corrected chi connectivity index (χ4v) is 2.46. The normalized spacial score (nSPS) is 12.5. The molecule has 1 unspecified atom stereocenters. The fraction of sp³-hybridized carbons (Fsp3) is 0.231. The van der Waals surface area contributed by atoms with Crippen LogP contribution in [0.1, 0.15) is 29.4 Å². The molecule has 0 aliphatic rings. The van der Waals surface area contributed by atoms with Crippen molar-refractivity contribution in [1.29, 1.82) is 0 Å². The molecule has 0 spiro atoms. The van der Waals surface area contributed by atoms with E-state index in [1.54, 1.807) is 12.4 Å². The van der Waals surface area contributed by atoms with Crippen LogP contribution in [0.4, 0.5) is 0 Å². The summed E-state index contributed by atoms with van der Waals surface area (Å²) in [5.74, 6) is 1.05. The van der Waals surface area contributed by atoms with Gasteiger partial charge in [-0.15, -0.1) is 11.3 Å². The highest BCUT2D eigenvalue weighted by molar-refractivity contribution is 7.10. The number of pyridine rings is 1. The van der Waals surface area contributed by atoms with Crippen LogP contribution in [0.15, 0.2) is 34.4 Å². The van der Waals surface area contributed by atoms with Gasteiger partial charge in [0.05, 0.1) is 6.04 Å². The van der Waals surface area contributed by atoms with Gasteiger partial charge in [0.2, 0.25) is 0 Å². The number of nitrogens with two attached hydrogens (primary N) is 1. The highest BCUT2D eigenvalue weighted by Crippen LogP contribution is 2.23. The van der Waals surface area contributed by atoms with Gasteiger partial charge in [-0.3, -0.25) is 4.98 Å². The van der Waals surface area contributed by atoms with Crippen molar-refractivity contribution in [1.82, 2.24) is 20.1 Å². The predicted molar refractivity (Wildman–Crippen MR) is 75.1 cm³/mol. The molecule has 2 N–H and O–H groups in total. The van der Waals surface area contributed by atoms with Crippen LogP contribution in [0.25, 0.3) is 11.6 Å². The van der Waals surface area contributed by atoms with Crippen molar-refractivity contribution in [3.05, 3.63) is 46.3 Å². The van der Waals surface area contributed by atoms with Gasteiger partial charge in [-0.2, -0.15) is 4.98 Å². The molecule has 0 aromatic carbocycles. The average molecular weight is 287 g/mol. The zero-order valence-electron chi connectivity index (χ0n) is 10.9. The van der Waals surface area contributed by atoms with Gasteiger partial charge in [-0.1, -0.05) is 5.16 Å². The number of thiazole rings is 1. The summed E-state index contributed by atoms with van der Waals surface area (Å²) >= 11 is 1.49. The maximum absolute atomic E-state index is 5.79. The Morgan fingerprint density at radius 3 is 2.80 bits per heavy atom. The highest BCUT2D eigenvalue weighted by Gasteiger charge is 2.14. The molecule has 0 aliphatic carbocycles. The summed E-state index contributed by atoms with van der Waals surface area (Å²) in [4.78, 5) is 12.7. The van der Waals surface area contributed by atoms with Crippen LogP contribution >= 0.6 is 11.3 Å². The van der Waals surface area contributed by atoms with Crippen LogP contribution in [-0.2, 0) is 6.42 Å². The van der Waals surface area contributed by atoms with Crippen molar-refractivity contribution in [2.45, 2.75) is 19.4 Å². The Morgan fingerprint density at radius 2 is 2.10 bits per heavy atom. The number of aromatic nitrogens is 4. The van der Waals surface area contributed by atoms with E-state index < -0.39 is 0 Å². The second kappa shape index (κ2) is 5.48. The Labute approximate surface area is 119 Å². The minimum Gasteiger partial charge on any atom is -0.332 e. The van der Waals surface area contributed by atoms with E-state index in [1.807, 2.05) is 24.4 Å². The number of rotatable bonds is 4. The van der Waals surface area contributed by atoms with Crippen molar-refractivity contribution >= 4 is 11.3 Å². The van der Waals surface area contributed by atoms with Gasteiger partial charge < -0.3 is 10.3 Å². The minimum atomic E-state index is -0.0899. The fourth-order valence-electron chi connectivity index (χ4n) is 1.71. The van der Waals surface area contributed by atoms with Crippen LogP contribution in [0.2, 0.25) is 0 Å². The topological polar surface area (TPSA) is 90.7 Å². The monoisotopic (exact) mass is 287 g/mol. The quantitative estimate of drug-likeness (QED) is 0.791. The highest BCUT2D eigenvalue weighted by atomic mass is 32.1. The van der Waals surface area contributed by atoms with Crippen molar-refractivity contribution in [3.63, 3.8) is 0 Å². The number of nitrogens with zero attached hydrogens (tertiary/aromatic N) is 4. The molecule has 0 bridgehead atoms. The molecular formula is C13H13N5OS. The van der Waals surface area contributed by atoms with Crippen LogP contribution in [0.3, 0.4) is 0 Å². The molecule has 3 aromatic heterocycles. The zero-order chi connectivity index (χ0) is 13.9. The summed E-state index contributed by atoms with van der Waals surface area (Å²) in [5.41, 5.74) is 7.55. The molecule has 3 rings (SSSR count). The van der Waals surface area contributed by atoms with E-state index in [0.29, 0.717) is 23.8 Å². The molecule has 6 nitrogen and oxygen atoms in total. The SMILES string of the molecule is CC(N)c1nc(-c2nc(Cc3ccncc3)no2)cs1. The maximum Gasteiger partial charge on any atom is 0.277 e. The summed E-state index contributed by atoms with van der Waals surface area (Å²) in [5, 5.41) is 6.70. The maximum atomic E-state index is 5.79. The second-order valence-corrected chi connectivity index (χ2v) is 5.30. The summed E-state index contributed by atoms with van der Waals surface area (Å²) in [7, 11) is 0. The molecule has 3 heterocycles. The molecule has 0 saturated heterocycles. The second-order valence-electron chi connectivity index (χ2n) is 4.41. The summed E-state index contributed by atoms with van der Waals surface area (Å²) in [6.45, 7) is 1.89. The third-order valence-electron chi connectivity index (χ3n) is 2.71.